The van der Waals surface area contributed by atoms with Gasteiger partial charge in [-0.05, 0) is 36.4 Å². The molecule has 0 atom stereocenters. The number of carbonyl (C=O) groups is 1. The summed E-state index contributed by atoms with van der Waals surface area (Å²) in [6.45, 7) is 0. The molecule has 2 rings (SSSR count). The fourth-order valence-electron chi connectivity index (χ4n) is 1.88. The molecule has 0 amide bonds. The van der Waals surface area contributed by atoms with Gasteiger partial charge in [-0.25, -0.2) is 0 Å². The Balaban J connectivity index is 2.33. The van der Waals surface area contributed by atoms with Crippen molar-refractivity contribution in [1.29, 1.82) is 0 Å². The summed E-state index contributed by atoms with van der Waals surface area (Å²) >= 11 is 0. The SMILES string of the molecule is O=C(c1ccc(OS(=O)(=O)C(F)(F)F)cc1)c1ccccc1OS(=O)(=O)C(F)(F)F. The molecule has 2 aromatic carbocycles. The zero-order chi connectivity index (χ0) is 23.0. The molecule has 2 aromatic rings. The van der Waals surface area contributed by atoms with E-state index in [0.29, 0.717) is 12.1 Å². The average molecular weight is 478 g/mol. The van der Waals surface area contributed by atoms with Gasteiger partial charge in [0.2, 0.25) is 0 Å². The Morgan fingerprint density at radius 1 is 0.700 bits per heavy atom. The summed E-state index contributed by atoms with van der Waals surface area (Å²) in [5, 5.41) is 0. The molecular formula is C15H8F6O7S2. The average Bonchev–Trinajstić information content (AvgIpc) is 2.60. The lowest BCUT2D eigenvalue weighted by molar-refractivity contribution is -0.0504. The Morgan fingerprint density at radius 3 is 1.67 bits per heavy atom. The molecule has 164 valence electrons. The fourth-order valence-corrected chi connectivity index (χ4v) is 2.82. The van der Waals surface area contributed by atoms with E-state index in [4.69, 9.17) is 0 Å². The van der Waals surface area contributed by atoms with Gasteiger partial charge in [0.15, 0.2) is 11.5 Å². The number of carbonyl (C=O) groups excluding carboxylic acids is 1. The van der Waals surface area contributed by atoms with Crippen LogP contribution in [0, 0.1) is 0 Å². The molecule has 0 saturated heterocycles. The van der Waals surface area contributed by atoms with Crippen LogP contribution in [0.25, 0.3) is 0 Å². The Labute approximate surface area is 165 Å². The van der Waals surface area contributed by atoms with Gasteiger partial charge >= 0.3 is 31.3 Å². The van der Waals surface area contributed by atoms with E-state index in [1.807, 2.05) is 0 Å². The number of ketones is 1. The van der Waals surface area contributed by atoms with Crippen molar-refractivity contribution in [2.45, 2.75) is 11.0 Å². The highest BCUT2D eigenvalue weighted by Crippen LogP contribution is 2.31. The lowest BCUT2D eigenvalue weighted by Crippen LogP contribution is -2.28. The van der Waals surface area contributed by atoms with E-state index in [9.17, 15) is 48.0 Å². The minimum Gasteiger partial charge on any atom is -0.376 e. The van der Waals surface area contributed by atoms with Crippen molar-refractivity contribution < 1.29 is 56.3 Å². The van der Waals surface area contributed by atoms with Crippen molar-refractivity contribution in [2.24, 2.45) is 0 Å². The minimum absolute atomic E-state index is 0.341. The molecule has 0 aromatic heterocycles. The molecule has 0 saturated carbocycles. The van der Waals surface area contributed by atoms with Gasteiger partial charge in [0.25, 0.3) is 0 Å². The zero-order valence-electron chi connectivity index (χ0n) is 14.1. The van der Waals surface area contributed by atoms with E-state index in [0.717, 1.165) is 30.3 Å². The highest BCUT2D eigenvalue weighted by atomic mass is 32.2. The van der Waals surface area contributed by atoms with Crippen molar-refractivity contribution in [3.05, 3.63) is 59.7 Å². The number of para-hydroxylation sites is 1. The fraction of sp³-hybridized carbons (Fsp3) is 0.133. The second kappa shape index (κ2) is 7.79. The molecular weight excluding hydrogens is 470 g/mol. The van der Waals surface area contributed by atoms with Crippen LogP contribution in [0.3, 0.4) is 0 Å². The smallest absolute Gasteiger partial charge is 0.376 e. The standard InChI is InChI=1S/C15H8F6O7S2/c16-14(17,18)29(23,24)27-10-7-5-9(6-8-10)13(22)11-3-1-2-4-12(11)28-30(25,26)15(19,20)21/h1-8H. The Morgan fingerprint density at radius 2 is 1.17 bits per heavy atom. The predicted molar refractivity (Wildman–Crippen MR) is 87.5 cm³/mol. The van der Waals surface area contributed by atoms with Crippen molar-refractivity contribution in [2.75, 3.05) is 0 Å². The highest BCUT2D eigenvalue weighted by molar-refractivity contribution is 7.88. The van der Waals surface area contributed by atoms with E-state index in [-0.39, 0.29) is 5.56 Å². The maximum absolute atomic E-state index is 12.5. The second-order valence-corrected chi connectivity index (χ2v) is 8.39. The van der Waals surface area contributed by atoms with Crippen molar-refractivity contribution >= 4 is 26.0 Å². The Bertz CT molecular complexity index is 1150. The molecule has 0 radical (unpaired) electrons. The number of halogens is 6. The summed E-state index contributed by atoms with van der Waals surface area (Å²) in [6.07, 6.45) is 0. The first-order valence-corrected chi connectivity index (χ1v) is 10.1. The molecule has 0 unspecified atom stereocenters. The van der Waals surface area contributed by atoms with Gasteiger partial charge in [0.05, 0.1) is 5.56 Å². The van der Waals surface area contributed by atoms with Crippen LogP contribution in [-0.4, -0.2) is 33.6 Å². The van der Waals surface area contributed by atoms with Gasteiger partial charge in [-0.15, -0.1) is 0 Å². The van der Waals surface area contributed by atoms with Crippen LogP contribution < -0.4 is 8.37 Å². The summed E-state index contributed by atoms with van der Waals surface area (Å²) in [4.78, 5) is 12.5. The molecule has 0 spiro atoms. The van der Waals surface area contributed by atoms with E-state index in [2.05, 4.69) is 8.37 Å². The third-order valence-electron chi connectivity index (χ3n) is 3.22. The first-order valence-electron chi connectivity index (χ1n) is 7.30. The molecule has 0 aliphatic rings. The molecule has 7 nitrogen and oxygen atoms in total. The number of rotatable bonds is 6. The largest absolute Gasteiger partial charge is 0.534 e. The van der Waals surface area contributed by atoms with Gasteiger partial charge in [0, 0.05) is 5.56 Å². The molecule has 0 fully saturated rings. The van der Waals surface area contributed by atoms with Crippen LogP contribution in [0.4, 0.5) is 26.3 Å². The van der Waals surface area contributed by atoms with Gasteiger partial charge in [-0.3, -0.25) is 4.79 Å². The lowest BCUT2D eigenvalue weighted by atomic mass is 10.0. The third-order valence-corrected chi connectivity index (χ3v) is 5.17. The number of hydrogen-bond donors (Lipinski definition) is 0. The van der Waals surface area contributed by atoms with Crippen molar-refractivity contribution in [1.82, 2.24) is 0 Å². The lowest BCUT2D eigenvalue weighted by Gasteiger charge is -2.13. The molecule has 15 heteroatoms. The Kier molecular flexibility index (Phi) is 6.09. The summed E-state index contributed by atoms with van der Waals surface area (Å²) in [6, 6.07) is 7.02. The first kappa shape index (κ1) is 23.5. The number of alkyl halides is 6. The van der Waals surface area contributed by atoms with Crippen molar-refractivity contribution in [3.8, 4) is 11.5 Å². The summed E-state index contributed by atoms with van der Waals surface area (Å²) < 4.78 is 126. The van der Waals surface area contributed by atoms with Gasteiger partial charge in [-0.2, -0.15) is 43.2 Å². The van der Waals surface area contributed by atoms with E-state index >= 15 is 0 Å². The summed E-state index contributed by atoms with van der Waals surface area (Å²) in [5.41, 5.74) is -12.4. The number of benzene rings is 2. The van der Waals surface area contributed by atoms with Crippen LogP contribution in [0.5, 0.6) is 11.5 Å². The summed E-state index contributed by atoms with van der Waals surface area (Å²) in [7, 11) is -12.0. The van der Waals surface area contributed by atoms with Gasteiger partial charge < -0.3 is 8.37 Å². The van der Waals surface area contributed by atoms with E-state index < -0.39 is 54.1 Å². The van der Waals surface area contributed by atoms with Crippen LogP contribution >= 0.6 is 0 Å². The molecule has 0 N–H and O–H groups in total. The normalized spacial score (nSPS) is 13.0. The predicted octanol–water partition coefficient (Wildman–Crippen LogP) is 3.37. The van der Waals surface area contributed by atoms with Gasteiger partial charge in [-0.1, -0.05) is 12.1 Å². The molecule has 0 aliphatic heterocycles. The van der Waals surface area contributed by atoms with Crippen molar-refractivity contribution in [3.63, 3.8) is 0 Å². The monoisotopic (exact) mass is 478 g/mol. The Hall–Kier alpha value is -2.81. The van der Waals surface area contributed by atoms with Crippen LogP contribution in [0.1, 0.15) is 15.9 Å². The maximum Gasteiger partial charge on any atom is 0.534 e. The van der Waals surface area contributed by atoms with E-state index in [1.165, 1.54) is 6.07 Å². The van der Waals surface area contributed by atoms with Crippen LogP contribution in [-0.2, 0) is 20.2 Å². The first-order chi connectivity index (χ1) is 13.6. The number of hydrogen-bond acceptors (Lipinski definition) is 7. The molecule has 0 bridgehead atoms. The van der Waals surface area contributed by atoms with Gasteiger partial charge in [0.1, 0.15) is 5.75 Å². The molecule has 0 heterocycles. The topological polar surface area (TPSA) is 104 Å². The minimum atomic E-state index is -6.08. The summed E-state index contributed by atoms with van der Waals surface area (Å²) in [5.74, 6) is -2.80. The second-order valence-electron chi connectivity index (χ2n) is 5.32. The maximum atomic E-state index is 12.5. The quantitative estimate of drug-likeness (QED) is 0.271. The van der Waals surface area contributed by atoms with E-state index in [1.54, 1.807) is 0 Å². The molecule has 0 aliphatic carbocycles. The third kappa shape index (κ3) is 5.02. The highest BCUT2D eigenvalue weighted by Gasteiger charge is 2.49. The molecule has 30 heavy (non-hydrogen) atoms. The van der Waals surface area contributed by atoms with Crippen LogP contribution in [0.15, 0.2) is 48.5 Å². The zero-order valence-corrected chi connectivity index (χ0v) is 15.7. The van der Waals surface area contributed by atoms with Crippen LogP contribution in [0.2, 0.25) is 0 Å².